The lowest BCUT2D eigenvalue weighted by Crippen LogP contribution is -3.16. The van der Waals surface area contributed by atoms with Crippen LogP contribution in [0.1, 0.15) is 19.3 Å². The standard InChI is InChI=1S/C17H25N5O2/c18-17(24)14-5-2-4-8-22(14)16(23)13-20-9-11-21(12-10-20)15-6-1-3-7-19-15/h1,3,6-7,14H,2,4-5,8-13H2,(H2,18,24)/p+2/t14-/m1/s1. The van der Waals surface area contributed by atoms with Gasteiger partial charge in [0.2, 0.25) is 5.91 Å². The Balaban J connectivity index is 1.52. The van der Waals surface area contributed by atoms with Gasteiger partial charge in [-0.05, 0) is 25.3 Å². The lowest BCUT2D eigenvalue weighted by atomic mass is 10.0. The third-order valence-corrected chi connectivity index (χ3v) is 5.06. The normalized spacial score (nSPS) is 22.4. The fourth-order valence-corrected chi connectivity index (χ4v) is 3.66. The lowest BCUT2D eigenvalue weighted by molar-refractivity contribution is -0.892. The van der Waals surface area contributed by atoms with Crippen molar-refractivity contribution in [2.24, 2.45) is 5.73 Å². The number of quaternary nitrogens is 1. The minimum atomic E-state index is -0.411. The van der Waals surface area contributed by atoms with Gasteiger partial charge in [-0.25, -0.2) is 4.98 Å². The van der Waals surface area contributed by atoms with Crippen LogP contribution in [0.25, 0.3) is 0 Å². The number of nitrogens with zero attached hydrogens (tertiary/aromatic N) is 2. The smallest absolute Gasteiger partial charge is 0.278 e. The summed E-state index contributed by atoms with van der Waals surface area (Å²) in [6.07, 6.45) is 4.56. The largest absolute Gasteiger partial charge is 0.368 e. The van der Waals surface area contributed by atoms with Crippen LogP contribution in [0.15, 0.2) is 24.4 Å². The number of aromatic nitrogens is 1. The molecule has 7 heteroatoms. The number of rotatable bonds is 4. The molecule has 3 rings (SSSR count). The Morgan fingerprint density at radius 2 is 2.00 bits per heavy atom. The summed E-state index contributed by atoms with van der Waals surface area (Å²) in [5, 5.41) is 0. The van der Waals surface area contributed by atoms with Crippen LogP contribution < -0.4 is 20.5 Å². The summed E-state index contributed by atoms with van der Waals surface area (Å²) < 4.78 is 0. The molecular weight excluding hydrogens is 306 g/mol. The number of nitrogens with one attached hydrogen (secondary N) is 2. The molecule has 2 fully saturated rings. The van der Waals surface area contributed by atoms with E-state index in [2.05, 4.69) is 16.0 Å². The van der Waals surface area contributed by atoms with E-state index >= 15 is 0 Å². The van der Waals surface area contributed by atoms with Crippen LogP contribution in [0.4, 0.5) is 5.82 Å². The van der Waals surface area contributed by atoms with Crippen LogP contribution in [-0.2, 0) is 9.59 Å². The van der Waals surface area contributed by atoms with Crippen molar-refractivity contribution < 1.29 is 19.5 Å². The summed E-state index contributed by atoms with van der Waals surface area (Å²) in [5.74, 6) is 0.809. The van der Waals surface area contributed by atoms with Gasteiger partial charge in [0, 0.05) is 12.6 Å². The predicted molar refractivity (Wildman–Crippen MR) is 89.3 cm³/mol. The van der Waals surface area contributed by atoms with Crippen LogP contribution >= 0.6 is 0 Å². The fraction of sp³-hybridized carbons (Fsp3) is 0.588. The molecule has 3 heterocycles. The first kappa shape index (κ1) is 16.7. The van der Waals surface area contributed by atoms with Gasteiger partial charge in [0.05, 0.1) is 6.20 Å². The molecule has 130 valence electrons. The zero-order chi connectivity index (χ0) is 16.9. The minimum absolute atomic E-state index is 0.0632. The number of nitrogens with two attached hydrogens (primary N) is 1. The SMILES string of the molecule is NC(=O)[C@H]1CCCCN1C(=O)C[NH+]1CCN(c2cccc[nH+]2)CC1. The molecular formula is C17H27N5O2+2. The Hall–Kier alpha value is -2.15. The van der Waals surface area contributed by atoms with Gasteiger partial charge >= 0.3 is 0 Å². The predicted octanol–water partition coefficient (Wildman–Crippen LogP) is -1.93. The van der Waals surface area contributed by atoms with Crippen molar-refractivity contribution in [3.05, 3.63) is 24.4 Å². The van der Waals surface area contributed by atoms with E-state index in [0.717, 1.165) is 44.8 Å². The summed E-state index contributed by atoms with van der Waals surface area (Å²) in [4.78, 5) is 32.7. The number of carbonyl (C=O) groups excluding carboxylic acids is 2. The maximum Gasteiger partial charge on any atom is 0.278 e. The summed E-state index contributed by atoms with van der Waals surface area (Å²) in [6, 6.07) is 5.65. The van der Waals surface area contributed by atoms with Gasteiger partial charge in [0.1, 0.15) is 32.2 Å². The Labute approximate surface area is 142 Å². The molecule has 1 aromatic rings. The van der Waals surface area contributed by atoms with Crippen molar-refractivity contribution in [2.45, 2.75) is 25.3 Å². The highest BCUT2D eigenvalue weighted by Gasteiger charge is 2.34. The average molecular weight is 333 g/mol. The number of pyridine rings is 1. The highest BCUT2D eigenvalue weighted by molar-refractivity contribution is 5.87. The van der Waals surface area contributed by atoms with Gasteiger partial charge < -0.3 is 15.5 Å². The number of amides is 2. The zero-order valence-electron chi connectivity index (χ0n) is 14.0. The number of hydrogen-bond donors (Lipinski definition) is 2. The molecule has 0 saturated carbocycles. The van der Waals surface area contributed by atoms with Crippen molar-refractivity contribution in [3.63, 3.8) is 0 Å². The third-order valence-electron chi connectivity index (χ3n) is 5.06. The van der Waals surface area contributed by atoms with E-state index in [0.29, 0.717) is 19.5 Å². The number of piperazine rings is 1. The summed E-state index contributed by atoms with van der Waals surface area (Å²) in [7, 11) is 0. The van der Waals surface area contributed by atoms with Crippen molar-refractivity contribution >= 4 is 17.6 Å². The Morgan fingerprint density at radius 3 is 2.67 bits per heavy atom. The van der Waals surface area contributed by atoms with Crippen molar-refractivity contribution in [2.75, 3.05) is 44.2 Å². The second-order valence-corrected chi connectivity index (χ2v) is 6.66. The molecule has 1 atom stereocenters. The summed E-state index contributed by atoms with van der Waals surface area (Å²) in [5.41, 5.74) is 5.46. The molecule has 4 N–H and O–H groups in total. The van der Waals surface area contributed by atoms with Crippen molar-refractivity contribution in [3.8, 4) is 0 Å². The van der Waals surface area contributed by atoms with Crippen LogP contribution in [0.2, 0.25) is 0 Å². The molecule has 0 aliphatic carbocycles. The molecule has 0 aromatic carbocycles. The quantitative estimate of drug-likeness (QED) is 0.673. The molecule has 2 amide bonds. The average Bonchev–Trinajstić information content (AvgIpc) is 2.63. The molecule has 0 spiro atoms. The van der Waals surface area contributed by atoms with E-state index in [1.165, 1.54) is 4.90 Å². The van der Waals surface area contributed by atoms with Crippen LogP contribution in [0, 0.1) is 0 Å². The number of aromatic amines is 1. The van der Waals surface area contributed by atoms with E-state index in [9.17, 15) is 9.59 Å². The molecule has 2 aliphatic rings. The Morgan fingerprint density at radius 1 is 1.21 bits per heavy atom. The second-order valence-electron chi connectivity index (χ2n) is 6.66. The fourth-order valence-electron chi connectivity index (χ4n) is 3.66. The van der Waals surface area contributed by atoms with Crippen LogP contribution in [0.5, 0.6) is 0 Å². The molecule has 0 bridgehead atoms. The zero-order valence-corrected chi connectivity index (χ0v) is 14.0. The number of carbonyl (C=O) groups is 2. The highest BCUT2D eigenvalue weighted by Crippen LogP contribution is 2.16. The number of anilines is 1. The van der Waals surface area contributed by atoms with Crippen molar-refractivity contribution in [1.29, 1.82) is 0 Å². The number of primary amides is 1. The molecule has 2 aliphatic heterocycles. The third kappa shape index (κ3) is 3.84. The second kappa shape index (κ2) is 7.61. The monoisotopic (exact) mass is 333 g/mol. The number of hydrogen-bond acceptors (Lipinski definition) is 3. The molecule has 24 heavy (non-hydrogen) atoms. The minimum Gasteiger partial charge on any atom is -0.368 e. The first-order valence-electron chi connectivity index (χ1n) is 8.79. The first-order chi connectivity index (χ1) is 11.6. The van der Waals surface area contributed by atoms with Gasteiger partial charge in [-0.3, -0.25) is 14.5 Å². The van der Waals surface area contributed by atoms with Crippen LogP contribution in [-0.4, -0.2) is 62.0 Å². The van der Waals surface area contributed by atoms with Gasteiger partial charge in [-0.2, -0.15) is 0 Å². The Bertz CT molecular complexity index is 572. The molecule has 0 radical (unpaired) electrons. The number of likely N-dealkylation sites (tertiary alicyclic amines) is 1. The Kier molecular flexibility index (Phi) is 5.30. The molecule has 2 saturated heterocycles. The molecule has 1 aromatic heterocycles. The van der Waals surface area contributed by atoms with Gasteiger partial charge in [-0.15, -0.1) is 0 Å². The topological polar surface area (TPSA) is 85.2 Å². The molecule has 0 unspecified atom stereocenters. The van der Waals surface area contributed by atoms with Gasteiger partial charge in [0.15, 0.2) is 6.54 Å². The maximum atomic E-state index is 12.6. The van der Waals surface area contributed by atoms with E-state index in [1.54, 1.807) is 4.90 Å². The van der Waals surface area contributed by atoms with E-state index in [1.807, 2.05) is 18.3 Å². The van der Waals surface area contributed by atoms with Crippen LogP contribution in [0.3, 0.4) is 0 Å². The maximum absolute atomic E-state index is 12.6. The van der Waals surface area contributed by atoms with Gasteiger partial charge in [-0.1, -0.05) is 6.07 Å². The highest BCUT2D eigenvalue weighted by atomic mass is 16.2. The van der Waals surface area contributed by atoms with Crippen molar-refractivity contribution in [1.82, 2.24) is 4.90 Å². The summed E-state index contributed by atoms with van der Waals surface area (Å²) in [6.45, 7) is 4.79. The van der Waals surface area contributed by atoms with E-state index in [4.69, 9.17) is 5.73 Å². The summed E-state index contributed by atoms with van der Waals surface area (Å²) >= 11 is 0. The number of H-pyrrole nitrogens is 1. The van der Waals surface area contributed by atoms with E-state index < -0.39 is 6.04 Å². The lowest BCUT2D eigenvalue weighted by Gasteiger charge is -2.35. The van der Waals surface area contributed by atoms with E-state index in [-0.39, 0.29) is 11.8 Å². The number of piperidine rings is 1. The molecule has 7 nitrogen and oxygen atoms in total. The van der Waals surface area contributed by atoms with Gasteiger partial charge in [0.25, 0.3) is 11.7 Å². The first-order valence-corrected chi connectivity index (χ1v) is 8.79.